The Morgan fingerprint density at radius 2 is 1.10 bits per heavy atom. The topological polar surface area (TPSA) is 3.24 Å². The maximum absolute atomic E-state index is 4.93. The Morgan fingerprint density at radius 3 is 1.71 bits per heavy atom. The van der Waals surface area contributed by atoms with Crippen molar-refractivity contribution in [3.8, 4) is 11.1 Å². The van der Waals surface area contributed by atoms with Crippen LogP contribution in [-0.4, -0.2) is 0 Å². The molecule has 4 heteroatoms. The van der Waals surface area contributed by atoms with Crippen LogP contribution in [0.15, 0.2) is 103 Å². The first-order valence-corrected chi connectivity index (χ1v) is 16.5. The average Bonchev–Trinajstić information content (AvgIpc) is 3.19. The summed E-state index contributed by atoms with van der Waals surface area (Å²) in [6, 6.07) is 36.8. The number of benzene rings is 4. The van der Waals surface area contributed by atoms with E-state index in [1.807, 2.05) is 0 Å². The van der Waals surface area contributed by atoms with Crippen molar-refractivity contribution < 1.29 is 20.8 Å². The molecule has 0 aliphatic heterocycles. The quantitative estimate of drug-likeness (QED) is 0.227. The third-order valence-corrected chi connectivity index (χ3v) is 5.39. The first-order valence-electron chi connectivity index (χ1n) is 10.2. The zero-order valence-electron chi connectivity index (χ0n) is 17.0. The summed E-state index contributed by atoms with van der Waals surface area (Å²) in [7, 11) is 9.87. The predicted molar refractivity (Wildman–Crippen MR) is 129 cm³/mol. The van der Waals surface area contributed by atoms with Crippen LogP contribution in [0.3, 0.4) is 0 Å². The number of anilines is 1. The van der Waals surface area contributed by atoms with E-state index in [9.17, 15) is 0 Å². The Morgan fingerprint density at radius 1 is 0.581 bits per heavy atom. The zero-order chi connectivity index (χ0) is 21.5. The Kier molecular flexibility index (Phi) is 8.03. The van der Waals surface area contributed by atoms with Crippen LogP contribution in [-0.2, 0) is 33.9 Å². The molecule has 5 rings (SSSR count). The van der Waals surface area contributed by atoms with E-state index >= 15 is 0 Å². The summed E-state index contributed by atoms with van der Waals surface area (Å²) >= 11 is -0.826. The van der Waals surface area contributed by atoms with Gasteiger partial charge in [0.2, 0.25) is 0 Å². The summed E-state index contributed by atoms with van der Waals surface area (Å²) in [6.07, 6.45) is 2.30. The molecule has 0 N–H and O–H groups in total. The third-order valence-electron chi connectivity index (χ3n) is 5.39. The van der Waals surface area contributed by atoms with Crippen LogP contribution < -0.4 is 4.90 Å². The van der Waals surface area contributed by atoms with Gasteiger partial charge in [-0.25, -0.2) is 0 Å². The minimum absolute atomic E-state index is 0.826. The van der Waals surface area contributed by atoms with E-state index in [2.05, 4.69) is 114 Å². The second kappa shape index (κ2) is 11.1. The van der Waals surface area contributed by atoms with Gasteiger partial charge in [-0.05, 0) is 33.9 Å². The molecule has 0 saturated carbocycles. The van der Waals surface area contributed by atoms with Crippen molar-refractivity contribution in [1.29, 1.82) is 0 Å². The third kappa shape index (κ3) is 5.50. The molecule has 0 unspecified atom stereocenters. The Bertz CT molecular complexity index is 1070. The maximum atomic E-state index is 4.93. The van der Waals surface area contributed by atoms with Crippen LogP contribution >= 0.6 is 17.0 Å². The monoisotopic (exact) mass is 520 g/mol. The van der Waals surface area contributed by atoms with Gasteiger partial charge < -0.3 is 4.90 Å². The van der Waals surface area contributed by atoms with Crippen LogP contribution in [0, 0.1) is 6.42 Å². The first kappa shape index (κ1) is 22.3. The Balaban J connectivity index is 0.000000730. The Labute approximate surface area is 203 Å². The van der Waals surface area contributed by atoms with Crippen LogP contribution in [0.4, 0.5) is 5.69 Å². The summed E-state index contributed by atoms with van der Waals surface area (Å²) in [5, 5.41) is 0. The molecule has 0 saturated heterocycles. The minimum atomic E-state index is -0.826. The van der Waals surface area contributed by atoms with Gasteiger partial charge >= 0.3 is 37.9 Å². The second-order valence-corrected chi connectivity index (χ2v) is 11.1. The molecule has 4 aromatic carbocycles. The van der Waals surface area contributed by atoms with Crippen molar-refractivity contribution in [2.45, 2.75) is 13.1 Å². The normalized spacial score (nSPS) is 11.0. The summed E-state index contributed by atoms with van der Waals surface area (Å²) in [5.41, 5.74) is 9.25. The summed E-state index contributed by atoms with van der Waals surface area (Å²) in [4.78, 5) is 2.50. The van der Waals surface area contributed by atoms with Gasteiger partial charge in [0.1, 0.15) is 0 Å². The van der Waals surface area contributed by atoms with Gasteiger partial charge in [-0.3, -0.25) is 0 Å². The van der Waals surface area contributed by atoms with Gasteiger partial charge in [0.05, 0.1) is 0 Å². The van der Waals surface area contributed by atoms with Gasteiger partial charge in [-0.1, -0.05) is 97.1 Å². The van der Waals surface area contributed by atoms with Crippen molar-refractivity contribution in [2.24, 2.45) is 0 Å². The molecule has 1 aliphatic rings. The van der Waals surface area contributed by atoms with E-state index in [0.717, 1.165) is 13.1 Å². The number of hydrogen-bond donors (Lipinski definition) is 0. The van der Waals surface area contributed by atoms with E-state index in [4.69, 9.17) is 17.0 Å². The average molecular weight is 523 g/mol. The molecule has 0 atom stereocenters. The van der Waals surface area contributed by atoms with Crippen LogP contribution in [0.25, 0.3) is 11.1 Å². The molecule has 153 valence electrons. The van der Waals surface area contributed by atoms with E-state index in [0.29, 0.717) is 0 Å². The number of halogens is 2. The van der Waals surface area contributed by atoms with E-state index in [-0.39, 0.29) is 0 Å². The van der Waals surface area contributed by atoms with Crippen LogP contribution in [0.1, 0.15) is 22.3 Å². The molecule has 1 radical (unpaired) electrons. The SMILES string of the molecule is [CH]1c2ccccc2-c2c1cccc2N(Cc1ccccc1)Cc1ccccc1.[Cl][Zr][Cl]. The molecule has 31 heavy (non-hydrogen) atoms. The van der Waals surface area contributed by atoms with Crippen molar-refractivity contribution in [3.05, 3.63) is 132 Å². The van der Waals surface area contributed by atoms with Crippen molar-refractivity contribution >= 4 is 22.7 Å². The summed E-state index contributed by atoms with van der Waals surface area (Å²) < 4.78 is 0. The summed E-state index contributed by atoms with van der Waals surface area (Å²) in [6.45, 7) is 1.77. The number of hydrogen-bond acceptors (Lipinski definition) is 1. The second-order valence-electron chi connectivity index (χ2n) is 7.37. The van der Waals surface area contributed by atoms with Crippen molar-refractivity contribution in [1.82, 2.24) is 0 Å². The molecule has 0 aromatic heterocycles. The van der Waals surface area contributed by atoms with Gasteiger partial charge in [0.25, 0.3) is 0 Å². The zero-order valence-corrected chi connectivity index (χ0v) is 21.0. The molecule has 0 spiro atoms. The van der Waals surface area contributed by atoms with Gasteiger partial charge in [-0.2, -0.15) is 0 Å². The standard InChI is InChI=1S/C27H22N.2ClH.Zr/c1-3-10-21(11-4-1)19-28(20-22-12-5-2-6-13-22)26-17-9-15-24-18-23-14-7-8-16-25(23)27(24)26;;;/h1-18H,19-20H2;2*1H;/q;;;+2/p-2. The number of rotatable bonds is 5. The van der Waals surface area contributed by atoms with Gasteiger partial charge in [-0.15, -0.1) is 0 Å². The molecule has 0 amide bonds. The Hall–Kier alpha value is -1.86. The van der Waals surface area contributed by atoms with E-state index < -0.39 is 20.8 Å². The molecule has 0 heterocycles. The van der Waals surface area contributed by atoms with Crippen molar-refractivity contribution in [2.75, 3.05) is 4.90 Å². The molecule has 0 fully saturated rings. The first-order chi connectivity index (χ1) is 15.3. The molecule has 4 aromatic rings. The fourth-order valence-electron chi connectivity index (χ4n) is 4.09. The molecule has 1 nitrogen and oxygen atoms in total. The van der Waals surface area contributed by atoms with Gasteiger partial charge in [0, 0.05) is 30.8 Å². The number of fused-ring (bicyclic) bond motifs is 3. The molecular formula is C27H22Cl2NZr. The fraction of sp³-hybridized carbons (Fsp3) is 0.0741. The van der Waals surface area contributed by atoms with Crippen molar-refractivity contribution in [3.63, 3.8) is 0 Å². The van der Waals surface area contributed by atoms with Crippen LogP contribution in [0.2, 0.25) is 0 Å². The fourth-order valence-corrected chi connectivity index (χ4v) is 4.09. The molecule has 1 aliphatic carbocycles. The predicted octanol–water partition coefficient (Wildman–Crippen LogP) is 7.85. The number of nitrogens with zero attached hydrogens (tertiary/aromatic N) is 1. The van der Waals surface area contributed by atoms with Gasteiger partial charge in [0.15, 0.2) is 0 Å². The molecule has 0 bridgehead atoms. The van der Waals surface area contributed by atoms with Crippen LogP contribution in [0.5, 0.6) is 0 Å². The molecular weight excluding hydrogens is 500 g/mol. The van der Waals surface area contributed by atoms with E-state index in [1.165, 1.54) is 39.1 Å². The van der Waals surface area contributed by atoms with E-state index in [1.54, 1.807) is 0 Å². The summed E-state index contributed by atoms with van der Waals surface area (Å²) in [5.74, 6) is 0.